The van der Waals surface area contributed by atoms with Crippen molar-refractivity contribution >= 4 is 5.91 Å². The largest absolute Gasteiger partial charge is 0.493 e. The number of likely N-dealkylation sites (tertiary alicyclic amines) is 1. The van der Waals surface area contributed by atoms with Crippen LogP contribution in [0.2, 0.25) is 0 Å². The Morgan fingerprint density at radius 1 is 1.24 bits per heavy atom. The molecule has 0 bridgehead atoms. The Hall–Kier alpha value is -1.87. The summed E-state index contributed by atoms with van der Waals surface area (Å²) in [6, 6.07) is 5.60. The minimum absolute atomic E-state index is 0.0132. The van der Waals surface area contributed by atoms with Gasteiger partial charge >= 0.3 is 0 Å². The summed E-state index contributed by atoms with van der Waals surface area (Å²) in [5, 5.41) is 13.8. The molecular formula is C30H53N3O5. The Balaban J connectivity index is 1.94. The van der Waals surface area contributed by atoms with Crippen LogP contribution in [0.15, 0.2) is 18.2 Å². The molecule has 1 unspecified atom stereocenters. The molecule has 1 heterocycles. The Kier molecular flexibility index (Phi) is 13.3. The van der Waals surface area contributed by atoms with Crippen molar-refractivity contribution in [2.24, 2.45) is 28.9 Å². The number of hydrogen-bond acceptors (Lipinski definition) is 7. The average molecular weight is 536 g/mol. The van der Waals surface area contributed by atoms with Gasteiger partial charge < -0.3 is 35.3 Å². The maximum atomic E-state index is 13.1. The van der Waals surface area contributed by atoms with Gasteiger partial charge in [-0.05, 0) is 74.7 Å². The lowest BCUT2D eigenvalue weighted by atomic mass is 9.74. The van der Waals surface area contributed by atoms with Crippen LogP contribution in [0.3, 0.4) is 0 Å². The molecule has 1 aliphatic heterocycles. The predicted molar refractivity (Wildman–Crippen MR) is 153 cm³/mol. The Labute approximate surface area is 230 Å². The Bertz CT molecular complexity index is 847. The maximum absolute atomic E-state index is 13.1. The molecule has 1 saturated heterocycles. The van der Waals surface area contributed by atoms with Crippen LogP contribution in [0.5, 0.6) is 11.5 Å². The third-order valence-electron chi connectivity index (χ3n) is 8.19. The van der Waals surface area contributed by atoms with E-state index in [1.54, 1.807) is 14.2 Å². The molecule has 1 aliphatic rings. The number of aliphatic hydroxyl groups is 1. The number of nitrogens with zero attached hydrogens (tertiary/aromatic N) is 1. The highest BCUT2D eigenvalue weighted by molar-refractivity contribution is 5.82. The highest BCUT2D eigenvalue weighted by Gasteiger charge is 2.38. The van der Waals surface area contributed by atoms with Crippen LogP contribution < -0.4 is 20.5 Å². The highest BCUT2D eigenvalue weighted by atomic mass is 16.5. The average Bonchev–Trinajstić information content (AvgIpc) is 2.89. The van der Waals surface area contributed by atoms with E-state index >= 15 is 0 Å². The topological polar surface area (TPSA) is 106 Å². The standard InChI is InChI=1S/C30H53N3O5/c1-21(2)23(16-22-11-12-27(37-7)28(17-22)38-15-9-14-36-6)18-25(31)26(34)19-32-29(35)30(3,4)24-10-8-13-33(5)20-24/h11-12,17,21,23-26,34H,8-10,13-16,18-20,31H2,1-7H3,(H,32,35)/t23-,24?,25-,26-/m0/s1. The van der Waals surface area contributed by atoms with Crippen molar-refractivity contribution < 1.29 is 24.1 Å². The van der Waals surface area contributed by atoms with Crippen LogP contribution in [0.4, 0.5) is 0 Å². The van der Waals surface area contributed by atoms with Crippen molar-refractivity contribution in [1.82, 2.24) is 10.2 Å². The first kappa shape index (κ1) is 32.3. The van der Waals surface area contributed by atoms with Crippen LogP contribution in [0.1, 0.15) is 58.9 Å². The molecule has 4 atom stereocenters. The molecule has 0 aromatic heterocycles. The van der Waals surface area contributed by atoms with Crippen LogP contribution in [0, 0.1) is 23.2 Å². The van der Waals surface area contributed by atoms with Gasteiger partial charge in [-0.15, -0.1) is 0 Å². The number of carbonyl (C=O) groups excluding carboxylic acids is 1. The summed E-state index contributed by atoms with van der Waals surface area (Å²) < 4.78 is 16.5. The maximum Gasteiger partial charge on any atom is 0.226 e. The summed E-state index contributed by atoms with van der Waals surface area (Å²) in [4.78, 5) is 15.3. The van der Waals surface area contributed by atoms with Gasteiger partial charge in [-0.3, -0.25) is 4.79 Å². The van der Waals surface area contributed by atoms with Crippen LogP contribution in [0.25, 0.3) is 0 Å². The normalized spacial score (nSPS) is 19.2. The van der Waals surface area contributed by atoms with Crippen molar-refractivity contribution in [1.29, 1.82) is 0 Å². The SMILES string of the molecule is COCCCOc1cc(C[C@@H](C[C@H](N)[C@@H](O)CNC(=O)C(C)(C)C2CCCN(C)C2)C(C)C)ccc1OC. The zero-order valence-electron chi connectivity index (χ0n) is 24.8. The first-order valence-corrected chi connectivity index (χ1v) is 14.2. The van der Waals surface area contributed by atoms with Crippen molar-refractivity contribution in [3.8, 4) is 11.5 Å². The van der Waals surface area contributed by atoms with E-state index in [1.807, 2.05) is 26.0 Å². The number of nitrogens with two attached hydrogens (primary N) is 1. The zero-order valence-corrected chi connectivity index (χ0v) is 24.8. The number of hydrogen-bond donors (Lipinski definition) is 3. The van der Waals surface area contributed by atoms with Gasteiger partial charge in [0.25, 0.3) is 0 Å². The predicted octanol–water partition coefficient (Wildman–Crippen LogP) is 3.49. The van der Waals surface area contributed by atoms with E-state index in [9.17, 15) is 9.90 Å². The molecule has 1 aromatic carbocycles. The Morgan fingerprint density at radius 3 is 2.61 bits per heavy atom. The van der Waals surface area contributed by atoms with Crippen molar-refractivity contribution in [3.63, 3.8) is 0 Å². The van der Waals surface area contributed by atoms with Gasteiger partial charge in [-0.1, -0.05) is 33.8 Å². The van der Waals surface area contributed by atoms with E-state index in [1.165, 1.54) is 0 Å². The van der Waals surface area contributed by atoms with E-state index < -0.39 is 17.6 Å². The van der Waals surface area contributed by atoms with E-state index in [0.717, 1.165) is 50.1 Å². The first-order chi connectivity index (χ1) is 18.0. The number of aliphatic hydroxyl groups excluding tert-OH is 1. The van der Waals surface area contributed by atoms with Gasteiger partial charge in [-0.25, -0.2) is 0 Å². The number of methoxy groups -OCH3 is 2. The van der Waals surface area contributed by atoms with Gasteiger partial charge in [0, 0.05) is 44.7 Å². The van der Waals surface area contributed by atoms with E-state index in [2.05, 4.69) is 37.2 Å². The molecule has 0 spiro atoms. The number of nitrogens with one attached hydrogen (secondary N) is 1. The molecule has 4 N–H and O–H groups in total. The molecule has 8 heteroatoms. The van der Waals surface area contributed by atoms with Crippen molar-refractivity contribution in [3.05, 3.63) is 23.8 Å². The zero-order chi connectivity index (χ0) is 28.3. The number of piperidine rings is 1. The molecule has 0 saturated carbocycles. The lowest BCUT2D eigenvalue weighted by Gasteiger charge is -2.39. The van der Waals surface area contributed by atoms with Gasteiger partial charge in [0.15, 0.2) is 11.5 Å². The number of benzene rings is 1. The number of ether oxygens (including phenoxy) is 3. The first-order valence-electron chi connectivity index (χ1n) is 14.2. The molecule has 1 aromatic rings. The van der Waals surface area contributed by atoms with Crippen LogP contribution >= 0.6 is 0 Å². The molecule has 0 aliphatic carbocycles. The van der Waals surface area contributed by atoms with E-state index in [0.29, 0.717) is 37.2 Å². The van der Waals surface area contributed by atoms with Gasteiger partial charge in [0.05, 0.1) is 19.8 Å². The summed E-state index contributed by atoms with van der Waals surface area (Å²) in [5.74, 6) is 2.36. The summed E-state index contributed by atoms with van der Waals surface area (Å²) in [6.07, 6.45) is 3.62. The van der Waals surface area contributed by atoms with Crippen LogP contribution in [-0.2, 0) is 16.0 Å². The quantitative estimate of drug-likeness (QED) is 0.278. The molecular weight excluding hydrogens is 482 g/mol. The van der Waals surface area contributed by atoms with E-state index in [-0.39, 0.29) is 18.4 Å². The third-order valence-corrected chi connectivity index (χ3v) is 8.19. The van der Waals surface area contributed by atoms with Crippen molar-refractivity contribution in [2.45, 2.75) is 71.9 Å². The second kappa shape index (κ2) is 15.7. The van der Waals surface area contributed by atoms with E-state index in [4.69, 9.17) is 19.9 Å². The smallest absolute Gasteiger partial charge is 0.226 e. The monoisotopic (exact) mass is 535 g/mol. The number of carbonyl (C=O) groups is 1. The molecule has 0 radical (unpaired) electrons. The lowest BCUT2D eigenvalue weighted by molar-refractivity contribution is -0.133. The minimum atomic E-state index is -0.805. The second-order valence-electron chi connectivity index (χ2n) is 11.9. The molecule has 2 rings (SSSR count). The molecule has 1 amide bonds. The van der Waals surface area contributed by atoms with Crippen LogP contribution in [-0.4, -0.2) is 82.2 Å². The fourth-order valence-electron chi connectivity index (χ4n) is 5.26. The summed E-state index contributed by atoms with van der Waals surface area (Å²) in [6.45, 7) is 11.8. The fraction of sp³-hybridized carbons (Fsp3) is 0.767. The molecule has 38 heavy (non-hydrogen) atoms. The summed E-state index contributed by atoms with van der Waals surface area (Å²) >= 11 is 0. The number of rotatable bonds is 16. The summed E-state index contributed by atoms with van der Waals surface area (Å²) in [7, 11) is 5.43. The van der Waals surface area contributed by atoms with Gasteiger partial charge in [0.1, 0.15) is 0 Å². The van der Waals surface area contributed by atoms with Crippen molar-refractivity contribution in [2.75, 3.05) is 54.1 Å². The number of amides is 1. The second-order valence-corrected chi connectivity index (χ2v) is 11.9. The summed E-state index contributed by atoms with van der Waals surface area (Å²) in [5.41, 5.74) is 7.12. The van der Waals surface area contributed by atoms with Gasteiger partial charge in [-0.2, -0.15) is 0 Å². The minimum Gasteiger partial charge on any atom is -0.493 e. The Morgan fingerprint density at radius 2 is 1.97 bits per heavy atom. The fourth-order valence-corrected chi connectivity index (χ4v) is 5.26. The highest BCUT2D eigenvalue weighted by Crippen LogP contribution is 2.34. The molecule has 218 valence electrons. The van der Waals surface area contributed by atoms with Gasteiger partial charge in [0.2, 0.25) is 5.91 Å². The lowest BCUT2D eigenvalue weighted by Crippen LogP contribution is -2.51. The third kappa shape index (κ3) is 9.70. The molecule has 8 nitrogen and oxygen atoms in total. The molecule has 1 fully saturated rings.